The van der Waals surface area contributed by atoms with Crippen LogP contribution in [0.4, 0.5) is 0 Å². The Morgan fingerprint density at radius 2 is 2.29 bits per heavy atom. The summed E-state index contributed by atoms with van der Waals surface area (Å²) in [5.74, 6) is 0.159. The van der Waals surface area contributed by atoms with E-state index < -0.39 is 0 Å². The van der Waals surface area contributed by atoms with E-state index in [-0.39, 0.29) is 29.2 Å². The van der Waals surface area contributed by atoms with Gasteiger partial charge in [-0.1, -0.05) is 0 Å². The molecule has 6 nitrogen and oxygen atoms in total. The summed E-state index contributed by atoms with van der Waals surface area (Å²) in [6, 6.07) is 3.06. The second-order valence-corrected chi connectivity index (χ2v) is 6.10. The summed E-state index contributed by atoms with van der Waals surface area (Å²) >= 11 is 0. The average molecular weight is 331 g/mol. The molecule has 1 aromatic rings. The van der Waals surface area contributed by atoms with E-state index in [0.717, 1.165) is 19.4 Å². The highest BCUT2D eigenvalue weighted by molar-refractivity contribution is 6.12. The zero-order chi connectivity index (χ0) is 17.3. The lowest BCUT2D eigenvalue weighted by Crippen LogP contribution is -2.36. The number of aromatic hydroxyl groups is 1. The van der Waals surface area contributed by atoms with Crippen molar-refractivity contribution in [3.63, 3.8) is 0 Å². The number of hydrogen-bond donors (Lipinski definition) is 1. The molecule has 0 aliphatic carbocycles. The Balaban J connectivity index is 1.76. The van der Waals surface area contributed by atoms with E-state index in [2.05, 4.69) is 0 Å². The van der Waals surface area contributed by atoms with Crippen molar-refractivity contribution in [3.8, 4) is 11.5 Å². The van der Waals surface area contributed by atoms with Crippen molar-refractivity contribution in [2.24, 2.45) is 5.92 Å². The molecule has 0 bridgehead atoms. The fraction of sp³-hybridized carbons (Fsp3) is 0.444. The molecule has 1 atom stereocenters. The molecule has 2 heterocycles. The Labute approximate surface area is 140 Å². The van der Waals surface area contributed by atoms with Crippen molar-refractivity contribution in [2.45, 2.75) is 26.7 Å². The van der Waals surface area contributed by atoms with Crippen molar-refractivity contribution >= 4 is 11.8 Å². The van der Waals surface area contributed by atoms with Crippen LogP contribution in [0, 0.1) is 12.8 Å². The third-order valence-electron chi connectivity index (χ3n) is 4.43. The molecule has 2 aliphatic heterocycles. The van der Waals surface area contributed by atoms with Crippen LogP contribution in [0.5, 0.6) is 11.5 Å². The minimum atomic E-state index is -0.202. The smallest absolute Gasteiger partial charge is 0.310 e. The highest BCUT2D eigenvalue weighted by Gasteiger charge is 2.32. The third kappa shape index (κ3) is 2.96. The quantitative estimate of drug-likeness (QED) is 0.677. The first-order valence-electron chi connectivity index (χ1n) is 8.19. The van der Waals surface area contributed by atoms with Crippen LogP contribution in [0.1, 0.15) is 35.7 Å². The van der Waals surface area contributed by atoms with Crippen LogP contribution in [0.3, 0.4) is 0 Å². The minimum absolute atomic E-state index is 0.100. The number of ketones is 1. The largest absolute Gasteiger partial charge is 0.508 e. The summed E-state index contributed by atoms with van der Waals surface area (Å²) in [6.07, 6.45) is 3.32. The van der Waals surface area contributed by atoms with Crippen molar-refractivity contribution in [1.29, 1.82) is 0 Å². The Kier molecular flexibility index (Phi) is 4.46. The SMILES string of the molecule is CCOC(=O)[C@@H]1CCCN(C=C2Oc3c(ccc(O)c3C)C2=O)C1. The number of nitrogens with zero attached hydrogens (tertiary/aromatic N) is 1. The maximum atomic E-state index is 12.5. The topological polar surface area (TPSA) is 76.1 Å². The molecule has 0 unspecified atom stereocenters. The van der Waals surface area contributed by atoms with E-state index in [1.54, 1.807) is 26.1 Å². The predicted octanol–water partition coefficient (Wildman–Crippen LogP) is 2.39. The summed E-state index contributed by atoms with van der Waals surface area (Å²) in [5.41, 5.74) is 1.00. The van der Waals surface area contributed by atoms with Gasteiger partial charge < -0.3 is 19.5 Å². The number of fused-ring (bicyclic) bond motifs is 1. The Morgan fingerprint density at radius 3 is 3.04 bits per heavy atom. The molecule has 2 aliphatic rings. The van der Waals surface area contributed by atoms with Crippen LogP contribution in [0.25, 0.3) is 0 Å². The number of piperidine rings is 1. The van der Waals surface area contributed by atoms with Crippen LogP contribution in [-0.4, -0.2) is 41.5 Å². The maximum absolute atomic E-state index is 12.5. The monoisotopic (exact) mass is 331 g/mol. The number of carbonyl (C=O) groups is 2. The van der Waals surface area contributed by atoms with Gasteiger partial charge in [0.05, 0.1) is 18.1 Å². The molecular weight excluding hydrogens is 310 g/mol. The molecule has 1 aromatic carbocycles. The molecule has 0 aromatic heterocycles. The standard InChI is InChI=1S/C18H21NO5/c1-3-23-18(22)12-5-4-8-19(9-12)10-15-16(21)13-6-7-14(20)11(2)17(13)24-15/h6-7,10,12,20H,3-5,8-9H2,1-2H3/t12-/m1/s1. The number of esters is 1. The number of hydrogen-bond acceptors (Lipinski definition) is 6. The second kappa shape index (κ2) is 6.55. The summed E-state index contributed by atoms with van der Waals surface area (Å²) in [7, 11) is 0. The van der Waals surface area contributed by atoms with Gasteiger partial charge >= 0.3 is 5.97 Å². The first-order valence-corrected chi connectivity index (χ1v) is 8.19. The molecular formula is C18H21NO5. The van der Waals surface area contributed by atoms with E-state index in [0.29, 0.717) is 30.0 Å². The van der Waals surface area contributed by atoms with E-state index in [4.69, 9.17) is 9.47 Å². The van der Waals surface area contributed by atoms with Gasteiger partial charge in [0.1, 0.15) is 11.5 Å². The molecule has 0 amide bonds. The van der Waals surface area contributed by atoms with Gasteiger partial charge in [0.2, 0.25) is 5.78 Å². The van der Waals surface area contributed by atoms with E-state index in [1.165, 1.54) is 6.07 Å². The van der Waals surface area contributed by atoms with Crippen LogP contribution in [0.2, 0.25) is 0 Å². The zero-order valence-electron chi connectivity index (χ0n) is 13.9. The van der Waals surface area contributed by atoms with Crippen molar-refractivity contribution in [3.05, 3.63) is 35.2 Å². The van der Waals surface area contributed by atoms with Crippen LogP contribution in [-0.2, 0) is 9.53 Å². The highest BCUT2D eigenvalue weighted by Crippen LogP contribution is 2.38. The average Bonchev–Trinajstić information content (AvgIpc) is 2.88. The number of Topliss-reactive ketones (excluding diaryl/α,β-unsaturated/α-hetero) is 1. The zero-order valence-corrected chi connectivity index (χ0v) is 13.9. The molecule has 0 radical (unpaired) electrons. The summed E-state index contributed by atoms with van der Waals surface area (Å²) in [6.45, 7) is 5.15. The van der Waals surface area contributed by atoms with E-state index in [9.17, 15) is 14.7 Å². The van der Waals surface area contributed by atoms with Crippen LogP contribution >= 0.6 is 0 Å². The van der Waals surface area contributed by atoms with Gasteiger partial charge in [-0.2, -0.15) is 0 Å². The van der Waals surface area contributed by atoms with Gasteiger partial charge in [0, 0.05) is 24.9 Å². The fourth-order valence-corrected chi connectivity index (χ4v) is 3.11. The number of phenolic OH excluding ortho intramolecular Hbond substituents is 1. The van der Waals surface area contributed by atoms with Gasteiger partial charge in [0.15, 0.2) is 5.76 Å². The fourth-order valence-electron chi connectivity index (χ4n) is 3.11. The lowest BCUT2D eigenvalue weighted by molar-refractivity contribution is -0.149. The highest BCUT2D eigenvalue weighted by atomic mass is 16.5. The first kappa shape index (κ1) is 16.4. The lowest BCUT2D eigenvalue weighted by Gasteiger charge is -2.30. The Morgan fingerprint density at radius 1 is 1.50 bits per heavy atom. The lowest BCUT2D eigenvalue weighted by atomic mass is 9.98. The number of allylic oxidation sites excluding steroid dienone is 1. The molecule has 1 fully saturated rings. The summed E-state index contributed by atoms with van der Waals surface area (Å²) in [4.78, 5) is 26.3. The molecule has 0 saturated carbocycles. The van der Waals surface area contributed by atoms with Gasteiger partial charge in [-0.15, -0.1) is 0 Å². The van der Waals surface area contributed by atoms with Crippen molar-refractivity contribution in [2.75, 3.05) is 19.7 Å². The Bertz CT molecular complexity index is 710. The van der Waals surface area contributed by atoms with Crippen LogP contribution in [0.15, 0.2) is 24.1 Å². The number of ether oxygens (including phenoxy) is 2. The summed E-state index contributed by atoms with van der Waals surface area (Å²) in [5, 5.41) is 9.75. The molecule has 128 valence electrons. The number of carbonyl (C=O) groups excluding carboxylic acids is 2. The molecule has 24 heavy (non-hydrogen) atoms. The predicted molar refractivity (Wildman–Crippen MR) is 86.8 cm³/mol. The second-order valence-electron chi connectivity index (χ2n) is 6.10. The first-order chi connectivity index (χ1) is 11.5. The van der Waals surface area contributed by atoms with Crippen LogP contribution < -0.4 is 4.74 Å². The van der Waals surface area contributed by atoms with Crippen molar-refractivity contribution < 1.29 is 24.2 Å². The molecule has 3 rings (SSSR count). The van der Waals surface area contributed by atoms with E-state index >= 15 is 0 Å². The third-order valence-corrected chi connectivity index (χ3v) is 4.43. The van der Waals surface area contributed by atoms with Gasteiger partial charge in [0.25, 0.3) is 0 Å². The maximum Gasteiger partial charge on any atom is 0.310 e. The Hall–Kier alpha value is -2.50. The van der Waals surface area contributed by atoms with Crippen molar-refractivity contribution in [1.82, 2.24) is 4.90 Å². The van der Waals surface area contributed by atoms with Gasteiger partial charge in [-0.05, 0) is 38.8 Å². The van der Waals surface area contributed by atoms with Gasteiger partial charge in [-0.3, -0.25) is 9.59 Å². The minimum Gasteiger partial charge on any atom is -0.508 e. The molecule has 0 spiro atoms. The molecule has 1 saturated heterocycles. The summed E-state index contributed by atoms with van der Waals surface area (Å²) < 4.78 is 10.8. The normalized spacial score (nSPS) is 21.6. The van der Waals surface area contributed by atoms with Gasteiger partial charge in [-0.25, -0.2) is 0 Å². The molecule has 6 heteroatoms. The van der Waals surface area contributed by atoms with E-state index in [1.807, 2.05) is 4.90 Å². The number of rotatable bonds is 3. The molecule has 1 N–H and O–H groups in total. The number of likely N-dealkylation sites (tertiary alicyclic amines) is 1. The number of phenols is 1. The number of benzene rings is 1.